The van der Waals surface area contributed by atoms with Gasteiger partial charge in [0.05, 0.1) is 11.4 Å². The molecule has 1 atom stereocenters. The van der Waals surface area contributed by atoms with E-state index in [-0.39, 0.29) is 0 Å². The third-order valence-electron chi connectivity index (χ3n) is 5.52. The van der Waals surface area contributed by atoms with Gasteiger partial charge in [0.2, 0.25) is 0 Å². The molecule has 0 aromatic carbocycles. The van der Waals surface area contributed by atoms with Crippen molar-refractivity contribution in [2.45, 2.75) is 65.5 Å². The summed E-state index contributed by atoms with van der Waals surface area (Å²) in [5, 5.41) is 16.3. The lowest BCUT2D eigenvalue weighted by Crippen LogP contribution is -2.46. The predicted molar refractivity (Wildman–Crippen MR) is 109 cm³/mol. The van der Waals surface area contributed by atoms with Gasteiger partial charge in [0, 0.05) is 51.0 Å². The van der Waals surface area contributed by atoms with Crippen LogP contribution in [0.4, 0.5) is 0 Å². The van der Waals surface area contributed by atoms with Crippen molar-refractivity contribution in [3.8, 4) is 0 Å². The molecule has 7 heteroatoms. The summed E-state index contributed by atoms with van der Waals surface area (Å²) in [5.41, 5.74) is 6.29. The zero-order valence-electron chi connectivity index (χ0n) is 17.5. The lowest BCUT2D eigenvalue weighted by atomic mass is 9.94. The Morgan fingerprint density at radius 2 is 2.11 bits per heavy atom. The van der Waals surface area contributed by atoms with E-state index in [2.05, 4.69) is 59.3 Å². The molecule has 0 spiro atoms. The van der Waals surface area contributed by atoms with Gasteiger partial charge in [-0.2, -0.15) is 10.2 Å². The maximum absolute atomic E-state index is 4.76. The number of nitrogens with one attached hydrogen (secondary N) is 2. The number of aliphatic imine (C=N–C) groups is 1. The predicted octanol–water partition coefficient (Wildman–Crippen LogP) is 2.08. The number of aromatic nitrogens is 4. The van der Waals surface area contributed by atoms with E-state index in [9.17, 15) is 0 Å². The van der Waals surface area contributed by atoms with Crippen molar-refractivity contribution >= 4 is 5.96 Å². The van der Waals surface area contributed by atoms with Gasteiger partial charge in [-0.05, 0) is 58.1 Å². The first-order chi connectivity index (χ1) is 12.9. The molecule has 7 nitrogen and oxygen atoms in total. The summed E-state index contributed by atoms with van der Waals surface area (Å²) in [6.07, 6.45) is 6.29. The molecule has 0 radical (unpaired) electrons. The Morgan fingerprint density at radius 1 is 1.33 bits per heavy atom. The molecule has 0 amide bonds. The van der Waals surface area contributed by atoms with Crippen molar-refractivity contribution in [2.24, 2.45) is 12.0 Å². The zero-order chi connectivity index (χ0) is 19.6. The average Bonchev–Trinajstić information content (AvgIpc) is 3.16. The molecule has 0 saturated carbocycles. The highest BCUT2D eigenvalue weighted by molar-refractivity contribution is 5.80. The number of hydrogen-bond acceptors (Lipinski definition) is 3. The number of aryl methyl sites for hydroxylation is 3. The summed E-state index contributed by atoms with van der Waals surface area (Å²) >= 11 is 0. The summed E-state index contributed by atoms with van der Waals surface area (Å²) in [6, 6.07) is 0.789. The molecule has 0 fully saturated rings. The van der Waals surface area contributed by atoms with Crippen LogP contribution in [0.5, 0.6) is 0 Å². The summed E-state index contributed by atoms with van der Waals surface area (Å²) in [6.45, 7) is 9.38. The van der Waals surface area contributed by atoms with Crippen molar-refractivity contribution in [1.29, 1.82) is 0 Å². The number of guanidine groups is 1. The molecule has 1 aliphatic carbocycles. The largest absolute Gasteiger partial charge is 0.356 e. The summed E-state index contributed by atoms with van der Waals surface area (Å²) in [4.78, 5) is 4.40. The Morgan fingerprint density at radius 3 is 2.74 bits per heavy atom. The lowest BCUT2D eigenvalue weighted by molar-refractivity contribution is 0.499. The van der Waals surface area contributed by atoms with Crippen LogP contribution in [-0.2, 0) is 26.3 Å². The van der Waals surface area contributed by atoms with Crippen LogP contribution in [-0.4, -0.2) is 45.2 Å². The van der Waals surface area contributed by atoms with Crippen molar-refractivity contribution in [3.05, 3.63) is 34.4 Å². The second-order valence-electron chi connectivity index (χ2n) is 7.78. The normalized spacial score (nSPS) is 17.3. The van der Waals surface area contributed by atoms with Crippen LogP contribution in [0.15, 0.2) is 11.2 Å². The quantitative estimate of drug-likeness (QED) is 0.623. The van der Waals surface area contributed by atoms with Gasteiger partial charge >= 0.3 is 0 Å². The first kappa shape index (κ1) is 19.5. The molecule has 1 unspecified atom stereocenters. The minimum atomic E-state index is 0.376. The van der Waals surface area contributed by atoms with Crippen LogP contribution < -0.4 is 10.6 Å². The van der Waals surface area contributed by atoms with Crippen LogP contribution >= 0.6 is 0 Å². The van der Waals surface area contributed by atoms with E-state index in [1.54, 1.807) is 0 Å². The standard InChI is InChI=1S/C20H33N7/c1-13(2)27-12-16-7-8-17(11-19(16)25-27)23-20(21-5)22-10-9-18-14(3)24-26(6)15(18)4/h12-13,17H,7-11H2,1-6H3,(H2,21,22,23). The monoisotopic (exact) mass is 371 g/mol. The molecule has 2 N–H and O–H groups in total. The Hall–Kier alpha value is -2.31. The average molecular weight is 372 g/mol. The molecular formula is C20H33N7. The van der Waals surface area contributed by atoms with Gasteiger partial charge in [0.1, 0.15) is 0 Å². The minimum absolute atomic E-state index is 0.376. The third-order valence-corrected chi connectivity index (χ3v) is 5.52. The fraction of sp³-hybridized carbons (Fsp3) is 0.650. The highest BCUT2D eigenvalue weighted by Crippen LogP contribution is 2.21. The topological polar surface area (TPSA) is 72.1 Å². The molecule has 1 aliphatic rings. The number of nitrogens with zero attached hydrogens (tertiary/aromatic N) is 5. The van der Waals surface area contributed by atoms with E-state index in [1.807, 2.05) is 18.8 Å². The zero-order valence-corrected chi connectivity index (χ0v) is 17.5. The second-order valence-corrected chi connectivity index (χ2v) is 7.78. The van der Waals surface area contributed by atoms with E-state index in [4.69, 9.17) is 5.10 Å². The van der Waals surface area contributed by atoms with Crippen molar-refractivity contribution in [1.82, 2.24) is 30.2 Å². The summed E-state index contributed by atoms with van der Waals surface area (Å²) < 4.78 is 4.03. The molecule has 3 rings (SSSR count). The van der Waals surface area contributed by atoms with Gasteiger partial charge in [-0.25, -0.2) is 0 Å². The Bertz CT molecular complexity index is 813. The van der Waals surface area contributed by atoms with Gasteiger partial charge in [-0.1, -0.05) is 0 Å². The van der Waals surface area contributed by atoms with Crippen molar-refractivity contribution < 1.29 is 0 Å². The van der Waals surface area contributed by atoms with Crippen LogP contribution in [0.2, 0.25) is 0 Å². The third kappa shape index (κ3) is 4.34. The molecule has 2 aromatic rings. The summed E-state index contributed by atoms with van der Waals surface area (Å²) in [5.74, 6) is 0.867. The van der Waals surface area contributed by atoms with E-state index < -0.39 is 0 Å². The fourth-order valence-electron chi connectivity index (χ4n) is 3.77. The maximum atomic E-state index is 4.76. The fourth-order valence-corrected chi connectivity index (χ4v) is 3.77. The van der Waals surface area contributed by atoms with E-state index in [1.165, 1.54) is 22.5 Å². The molecule has 2 heterocycles. The number of rotatable bonds is 5. The van der Waals surface area contributed by atoms with E-state index in [0.717, 1.165) is 43.9 Å². The molecule has 27 heavy (non-hydrogen) atoms. The Labute approximate surface area is 162 Å². The molecule has 148 valence electrons. The molecule has 0 saturated heterocycles. The highest BCUT2D eigenvalue weighted by Gasteiger charge is 2.23. The molecule has 2 aromatic heterocycles. The van der Waals surface area contributed by atoms with Crippen LogP contribution in [0.25, 0.3) is 0 Å². The van der Waals surface area contributed by atoms with Crippen molar-refractivity contribution in [3.63, 3.8) is 0 Å². The van der Waals surface area contributed by atoms with Gasteiger partial charge in [-0.15, -0.1) is 0 Å². The molecule has 0 aliphatic heterocycles. The second kappa shape index (κ2) is 8.15. The smallest absolute Gasteiger partial charge is 0.191 e. The Balaban J connectivity index is 1.53. The first-order valence-corrected chi connectivity index (χ1v) is 9.92. The van der Waals surface area contributed by atoms with Gasteiger partial charge < -0.3 is 10.6 Å². The van der Waals surface area contributed by atoms with Crippen molar-refractivity contribution in [2.75, 3.05) is 13.6 Å². The SMILES string of the molecule is CN=C(NCCc1c(C)nn(C)c1C)NC1CCc2cn(C(C)C)nc2C1. The Kier molecular flexibility index (Phi) is 5.87. The van der Waals surface area contributed by atoms with E-state index >= 15 is 0 Å². The van der Waals surface area contributed by atoms with Crippen LogP contribution in [0, 0.1) is 13.8 Å². The van der Waals surface area contributed by atoms with Gasteiger partial charge in [0.25, 0.3) is 0 Å². The number of fused-ring (bicyclic) bond motifs is 1. The minimum Gasteiger partial charge on any atom is -0.356 e. The summed E-state index contributed by atoms with van der Waals surface area (Å²) in [7, 11) is 3.83. The molecule has 0 bridgehead atoms. The highest BCUT2D eigenvalue weighted by atomic mass is 15.3. The van der Waals surface area contributed by atoms with Gasteiger partial charge in [-0.3, -0.25) is 14.4 Å². The number of hydrogen-bond donors (Lipinski definition) is 2. The maximum Gasteiger partial charge on any atom is 0.191 e. The van der Waals surface area contributed by atoms with Crippen LogP contribution in [0.3, 0.4) is 0 Å². The van der Waals surface area contributed by atoms with E-state index in [0.29, 0.717) is 12.1 Å². The van der Waals surface area contributed by atoms with Gasteiger partial charge in [0.15, 0.2) is 5.96 Å². The first-order valence-electron chi connectivity index (χ1n) is 9.92. The lowest BCUT2D eigenvalue weighted by Gasteiger charge is -2.24. The molecular weight excluding hydrogens is 338 g/mol. The van der Waals surface area contributed by atoms with Crippen LogP contribution in [0.1, 0.15) is 54.5 Å².